The molecule has 1 fully saturated rings. The van der Waals surface area contributed by atoms with Gasteiger partial charge in [-0.3, -0.25) is 9.69 Å². The van der Waals surface area contributed by atoms with Crippen LogP contribution in [0.4, 0.5) is 5.69 Å². The first-order valence-electron chi connectivity index (χ1n) is 11.1. The van der Waals surface area contributed by atoms with Crippen molar-refractivity contribution in [3.8, 4) is 0 Å². The fraction of sp³-hybridized carbons (Fsp3) is 0.360. The lowest BCUT2D eigenvalue weighted by atomic mass is 9.90. The van der Waals surface area contributed by atoms with E-state index in [0.29, 0.717) is 16.6 Å². The Labute approximate surface area is 193 Å². The number of amides is 1. The fourth-order valence-electron chi connectivity index (χ4n) is 5.11. The van der Waals surface area contributed by atoms with Crippen LogP contribution in [0.2, 0.25) is 5.02 Å². The molecule has 0 aliphatic carbocycles. The molecule has 3 aromatic rings. The van der Waals surface area contributed by atoms with Gasteiger partial charge in [-0.25, -0.2) is 0 Å². The van der Waals surface area contributed by atoms with Crippen LogP contribution in [0.15, 0.2) is 48.5 Å². The van der Waals surface area contributed by atoms with Crippen molar-refractivity contribution in [1.82, 2.24) is 9.88 Å². The average Bonchev–Trinajstić information content (AvgIpc) is 3.26. The first-order valence-corrected chi connectivity index (χ1v) is 11.9. The minimum Gasteiger partial charge on any atom is -0.356 e. The number of benzene rings is 2. The molecule has 0 spiro atoms. The van der Waals surface area contributed by atoms with Gasteiger partial charge < -0.3 is 9.88 Å². The van der Waals surface area contributed by atoms with E-state index in [1.165, 1.54) is 35.9 Å². The number of carbonyl (C=O) groups excluding carboxylic acids is 1. The zero-order valence-electron chi connectivity index (χ0n) is 17.6. The molecule has 0 unspecified atom stereocenters. The summed E-state index contributed by atoms with van der Waals surface area (Å²) in [5.74, 6) is 0.0433. The Balaban J connectivity index is 1.56. The molecule has 3 heterocycles. The van der Waals surface area contributed by atoms with Crippen LogP contribution in [0.3, 0.4) is 0 Å². The Hall–Kier alpha value is -2.37. The SMILES string of the molecule is CCCCCC[C@H]1c2[nH]c3ccccc3c2C[C@@H]2C(=O)N(c3cccc(Cl)c3)C(=S)N21. The lowest BCUT2D eigenvalue weighted by molar-refractivity contribution is -0.120. The summed E-state index contributed by atoms with van der Waals surface area (Å²) in [6.45, 7) is 2.23. The Morgan fingerprint density at radius 2 is 1.97 bits per heavy atom. The molecule has 0 bridgehead atoms. The number of rotatable bonds is 6. The second-order valence-corrected chi connectivity index (χ2v) is 9.29. The number of hydrogen-bond donors (Lipinski definition) is 1. The van der Waals surface area contributed by atoms with Gasteiger partial charge in [0.05, 0.1) is 11.7 Å². The van der Waals surface area contributed by atoms with Crippen LogP contribution in [-0.4, -0.2) is 26.9 Å². The zero-order valence-corrected chi connectivity index (χ0v) is 19.2. The lowest BCUT2D eigenvalue weighted by Crippen LogP contribution is -2.43. The molecule has 0 radical (unpaired) electrons. The molecule has 1 saturated heterocycles. The van der Waals surface area contributed by atoms with Crippen LogP contribution in [0.25, 0.3) is 10.9 Å². The van der Waals surface area contributed by atoms with Crippen molar-refractivity contribution in [2.45, 2.75) is 57.5 Å². The van der Waals surface area contributed by atoms with Gasteiger partial charge in [-0.1, -0.05) is 68.5 Å². The number of thiocarbonyl (C=S) groups is 1. The number of halogens is 1. The summed E-state index contributed by atoms with van der Waals surface area (Å²) in [7, 11) is 0. The summed E-state index contributed by atoms with van der Waals surface area (Å²) >= 11 is 12.1. The van der Waals surface area contributed by atoms with Crippen LogP contribution < -0.4 is 4.90 Å². The van der Waals surface area contributed by atoms with Gasteiger partial charge in [0.2, 0.25) is 0 Å². The van der Waals surface area contributed by atoms with Gasteiger partial charge in [0.1, 0.15) is 6.04 Å². The van der Waals surface area contributed by atoms with E-state index in [4.69, 9.17) is 23.8 Å². The first-order chi connectivity index (χ1) is 15.1. The summed E-state index contributed by atoms with van der Waals surface area (Å²) < 4.78 is 0. The molecule has 1 aromatic heterocycles. The van der Waals surface area contributed by atoms with E-state index < -0.39 is 0 Å². The number of anilines is 1. The van der Waals surface area contributed by atoms with Crippen molar-refractivity contribution in [3.63, 3.8) is 0 Å². The fourth-order valence-corrected chi connectivity index (χ4v) is 5.74. The molecule has 2 aliphatic rings. The van der Waals surface area contributed by atoms with Gasteiger partial charge in [0.15, 0.2) is 5.11 Å². The number of hydrogen-bond acceptors (Lipinski definition) is 2. The van der Waals surface area contributed by atoms with Crippen LogP contribution in [-0.2, 0) is 11.2 Å². The maximum absolute atomic E-state index is 13.6. The van der Waals surface area contributed by atoms with E-state index in [-0.39, 0.29) is 18.0 Å². The van der Waals surface area contributed by atoms with Crippen LogP contribution >= 0.6 is 23.8 Å². The number of unbranched alkanes of at least 4 members (excludes halogenated alkanes) is 3. The van der Waals surface area contributed by atoms with Crippen LogP contribution in [0.5, 0.6) is 0 Å². The van der Waals surface area contributed by atoms with E-state index in [0.717, 1.165) is 24.0 Å². The normalized spacial score (nSPS) is 20.5. The number of carbonyl (C=O) groups is 1. The maximum atomic E-state index is 13.6. The van der Waals surface area contributed by atoms with E-state index in [1.807, 2.05) is 24.3 Å². The van der Waals surface area contributed by atoms with Gasteiger partial charge in [0, 0.05) is 28.0 Å². The van der Waals surface area contributed by atoms with Gasteiger partial charge in [0.25, 0.3) is 5.91 Å². The molecule has 2 aliphatic heterocycles. The molecule has 4 nitrogen and oxygen atoms in total. The number of para-hydroxylation sites is 1. The predicted octanol–water partition coefficient (Wildman–Crippen LogP) is 6.39. The average molecular weight is 452 g/mol. The minimum atomic E-state index is -0.269. The molecule has 5 rings (SSSR count). The van der Waals surface area contributed by atoms with E-state index in [1.54, 1.807) is 4.90 Å². The number of H-pyrrole nitrogens is 1. The number of aromatic nitrogens is 1. The highest BCUT2D eigenvalue weighted by Gasteiger charge is 2.50. The number of fused-ring (bicyclic) bond motifs is 4. The number of nitrogens with zero attached hydrogens (tertiary/aromatic N) is 2. The highest BCUT2D eigenvalue weighted by molar-refractivity contribution is 7.80. The molecule has 0 saturated carbocycles. The van der Waals surface area contributed by atoms with Gasteiger partial charge in [-0.15, -0.1) is 0 Å². The van der Waals surface area contributed by atoms with Crippen molar-refractivity contribution >= 4 is 51.4 Å². The Morgan fingerprint density at radius 1 is 1.13 bits per heavy atom. The summed E-state index contributed by atoms with van der Waals surface area (Å²) in [5.41, 5.74) is 4.37. The smallest absolute Gasteiger partial charge is 0.256 e. The van der Waals surface area contributed by atoms with Crippen molar-refractivity contribution in [1.29, 1.82) is 0 Å². The van der Waals surface area contributed by atoms with Crippen LogP contribution in [0.1, 0.15) is 56.3 Å². The predicted molar refractivity (Wildman–Crippen MR) is 131 cm³/mol. The second kappa shape index (κ2) is 8.29. The second-order valence-electron chi connectivity index (χ2n) is 8.49. The third-order valence-electron chi connectivity index (χ3n) is 6.56. The quantitative estimate of drug-likeness (QED) is 0.348. The summed E-state index contributed by atoms with van der Waals surface area (Å²) in [4.78, 5) is 21.1. The molecule has 1 amide bonds. The van der Waals surface area contributed by atoms with Crippen molar-refractivity contribution < 1.29 is 4.79 Å². The molecule has 31 heavy (non-hydrogen) atoms. The van der Waals surface area contributed by atoms with Crippen molar-refractivity contribution in [2.75, 3.05) is 4.90 Å². The van der Waals surface area contributed by atoms with Crippen molar-refractivity contribution in [3.05, 3.63) is 64.8 Å². The Morgan fingerprint density at radius 3 is 2.77 bits per heavy atom. The largest absolute Gasteiger partial charge is 0.356 e. The molecular formula is C25H26ClN3OS. The topological polar surface area (TPSA) is 39.3 Å². The minimum absolute atomic E-state index is 0.0433. The summed E-state index contributed by atoms with van der Waals surface area (Å²) in [6.07, 6.45) is 6.39. The Bertz CT molecular complexity index is 1160. The lowest BCUT2D eigenvalue weighted by Gasteiger charge is -2.37. The van der Waals surface area contributed by atoms with E-state index in [9.17, 15) is 4.79 Å². The summed E-state index contributed by atoms with van der Waals surface area (Å²) in [6, 6.07) is 15.6. The molecule has 2 atom stereocenters. The molecule has 2 aromatic carbocycles. The molecular weight excluding hydrogens is 426 g/mol. The van der Waals surface area contributed by atoms with E-state index in [2.05, 4.69) is 41.1 Å². The molecule has 6 heteroatoms. The maximum Gasteiger partial charge on any atom is 0.256 e. The van der Waals surface area contributed by atoms with Crippen molar-refractivity contribution in [2.24, 2.45) is 0 Å². The first kappa shape index (κ1) is 20.5. The Kier molecular flexibility index (Phi) is 5.49. The van der Waals surface area contributed by atoms with Gasteiger partial charge in [-0.05, 0) is 48.5 Å². The zero-order chi connectivity index (χ0) is 21.5. The van der Waals surface area contributed by atoms with E-state index >= 15 is 0 Å². The number of nitrogens with one attached hydrogen (secondary N) is 1. The van der Waals surface area contributed by atoms with Gasteiger partial charge >= 0.3 is 0 Å². The third-order valence-corrected chi connectivity index (χ3v) is 7.19. The van der Waals surface area contributed by atoms with Gasteiger partial charge in [-0.2, -0.15) is 0 Å². The highest BCUT2D eigenvalue weighted by Crippen LogP contribution is 2.44. The highest BCUT2D eigenvalue weighted by atomic mass is 35.5. The molecule has 1 N–H and O–H groups in total. The monoisotopic (exact) mass is 451 g/mol. The number of aromatic amines is 1. The van der Waals surface area contributed by atoms with Crippen LogP contribution in [0, 0.1) is 0 Å². The summed E-state index contributed by atoms with van der Waals surface area (Å²) in [5, 5.41) is 2.41. The molecule has 160 valence electrons. The standard InChI is InChI=1S/C25H26ClN3OS/c1-2-3-4-5-13-21-23-19(18-11-6-7-12-20(18)27-23)15-22-24(30)28(25(31)29(21)22)17-10-8-9-16(26)14-17/h6-12,14,21-22,27H,2-5,13,15H2,1H3/t21-,22+/m0/s1. The third kappa shape index (κ3) is 3.44.